The second-order valence-electron chi connectivity index (χ2n) is 4.87. The maximum absolute atomic E-state index is 11.0. The first-order valence-electron chi connectivity index (χ1n) is 6.28. The van der Waals surface area contributed by atoms with Gasteiger partial charge in [0.1, 0.15) is 0 Å². The Morgan fingerprint density at radius 2 is 1.83 bits per heavy atom. The molecule has 0 saturated carbocycles. The van der Waals surface area contributed by atoms with Crippen LogP contribution in [0.3, 0.4) is 0 Å². The minimum atomic E-state index is -0.696. The van der Waals surface area contributed by atoms with E-state index in [0.29, 0.717) is 12.1 Å². The molecule has 4 heteroatoms. The van der Waals surface area contributed by atoms with Crippen LogP contribution < -0.4 is 5.32 Å². The Labute approximate surface area is 118 Å². The van der Waals surface area contributed by atoms with Gasteiger partial charge in [-0.05, 0) is 44.4 Å². The third-order valence-electron chi connectivity index (χ3n) is 2.86. The highest BCUT2D eigenvalue weighted by Gasteiger charge is 2.08. The van der Waals surface area contributed by atoms with E-state index in [0.717, 1.165) is 23.6 Å². The molecule has 0 aromatic heterocycles. The average Bonchev–Trinajstić information content (AvgIpc) is 2.29. The van der Waals surface area contributed by atoms with Crippen LogP contribution in [-0.4, -0.2) is 28.3 Å². The average molecular weight is 288 g/mol. The summed E-state index contributed by atoms with van der Waals surface area (Å²) < 4.78 is 11.0. The summed E-state index contributed by atoms with van der Waals surface area (Å²) in [7, 11) is -0.696. The number of rotatable bonds is 7. The number of hydrogen-bond acceptors (Lipinski definition) is 2. The normalized spacial score (nSPS) is 16.2. The zero-order valence-electron chi connectivity index (χ0n) is 11.3. The van der Waals surface area contributed by atoms with Crippen molar-refractivity contribution in [2.45, 2.75) is 38.8 Å². The molecular weight excluding hydrogens is 266 g/mol. The number of hydrogen-bond donors (Lipinski definition) is 1. The van der Waals surface area contributed by atoms with E-state index in [-0.39, 0.29) is 0 Å². The molecule has 0 aliphatic carbocycles. The molecule has 0 heterocycles. The predicted octanol–water partition coefficient (Wildman–Crippen LogP) is 3.02. The summed E-state index contributed by atoms with van der Waals surface area (Å²) in [5.74, 6) is 0.766. The Bertz CT molecular complexity index is 380. The first kappa shape index (κ1) is 15.7. The molecule has 0 fully saturated rings. The number of halogens is 1. The number of nitrogens with one attached hydrogen (secondary N) is 1. The smallest absolute Gasteiger partial charge is 0.0406 e. The third-order valence-corrected chi connectivity index (χ3v) is 3.93. The lowest BCUT2D eigenvalue weighted by molar-refractivity contribution is 0.456. The van der Waals surface area contributed by atoms with Crippen LogP contribution in [0.15, 0.2) is 24.3 Å². The summed E-state index contributed by atoms with van der Waals surface area (Å²) in [5, 5.41) is 4.31. The Hall–Kier alpha value is -0.380. The zero-order chi connectivity index (χ0) is 13.5. The van der Waals surface area contributed by atoms with Crippen molar-refractivity contribution in [2.75, 3.05) is 12.0 Å². The molecule has 1 N–H and O–H groups in total. The van der Waals surface area contributed by atoms with Gasteiger partial charge >= 0.3 is 0 Å². The molecular formula is C14H22ClNOS. The van der Waals surface area contributed by atoms with Crippen molar-refractivity contribution in [2.24, 2.45) is 0 Å². The first-order valence-corrected chi connectivity index (χ1v) is 8.38. The van der Waals surface area contributed by atoms with E-state index in [2.05, 4.69) is 31.3 Å². The fourth-order valence-corrected chi connectivity index (χ4v) is 2.76. The molecule has 0 bridgehead atoms. The standard InChI is InChI=1S/C14H22ClNOS/c1-11(8-9-18(3)17)16-12(2)10-13-4-6-14(15)7-5-13/h4-7,11-12,16H,8-10H2,1-3H3. The molecule has 3 atom stereocenters. The van der Waals surface area contributed by atoms with E-state index >= 15 is 0 Å². The van der Waals surface area contributed by atoms with Gasteiger partial charge < -0.3 is 5.32 Å². The second kappa shape index (κ2) is 7.93. The maximum Gasteiger partial charge on any atom is 0.0406 e. The summed E-state index contributed by atoms with van der Waals surface area (Å²) in [4.78, 5) is 0. The van der Waals surface area contributed by atoms with Gasteiger partial charge in [0.2, 0.25) is 0 Å². The van der Waals surface area contributed by atoms with Crippen molar-refractivity contribution in [3.05, 3.63) is 34.9 Å². The summed E-state index contributed by atoms with van der Waals surface area (Å²) in [6, 6.07) is 8.78. The third kappa shape index (κ3) is 6.53. The van der Waals surface area contributed by atoms with E-state index in [9.17, 15) is 4.21 Å². The fraction of sp³-hybridized carbons (Fsp3) is 0.571. The maximum atomic E-state index is 11.0. The van der Waals surface area contributed by atoms with Crippen molar-refractivity contribution >= 4 is 22.4 Å². The van der Waals surface area contributed by atoms with Gasteiger partial charge in [0.15, 0.2) is 0 Å². The van der Waals surface area contributed by atoms with Gasteiger partial charge in [-0.1, -0.05) is 23.7 Å². The van der Waals surface area contributed by atoms with Gasteiger partial charge in [-0.25, -0.2) is 0 Å². The summed E-state index contributed by atoms with van der Waals surface area (Å²) in [6.45, 7) is 4.32. The largest absolute Gasteiger partial charge is 0.311 e. The molecule has 0 radical (unpaired) electrons. The minimum Gasteiger partial charge on any atom is -0.311 e. The summed E-state index contributed by atoms with van der Waals surface area (Å²) in [5.41, 5.74) is 1.28. The SMILES string of the molecule is CC(CCS(C)=O)NC(C)Cc1ccc(Cl)cc1. The molecule has 3 unspecified atom stereocenters. The highest BCUT2D eigenvalue weighted by Crippen LogP contribution is 2.11. The molecule has 0 spiro atoms. The molecule has 0 aliphatic rings. The van der Waals surface area contributed by atoms with Gasteiger partial charge in [0.25, 0.3) is 0 Å². The molecule has 102 valence electrons. The Kier molecular flexibility index (Phi) is 6.90. The summed E-state index contributed by atoms with van der Waals surface area (Å²) >= 11 is 5.86. The van der Waals surface area contributed by atoms with Gasteiger partial charge in [0.05, 0.1) is 0 Å². The van der Waals surface area contributed by atoms with Crippen LogP contribution in [0.1, 0.15) is 25.8 Å². The second-order valence-corrected chi connectivity index (χ2v) is 6.86. The molecule has 0 amide bonds. The van der Waals surface area contributed by atoms with E-state index in [4.69, 9.17) is 11.6 Å². The van der Waals surface area contributed by atoms with Crippen molar-refractivity contribution in [3.8, 4) is 0 Å². The van der Waals surface area contributed by atoms with Gasteiger partial charge in [-0.15, -0.1) is 0 Å². The first-order chi connectivity index (χ1) is 8.47. The predicted molar refractivity (Wildman–Crippen MR) is 80.8 cm³/mol. The van der Waals surface area contributed by atoms with Gasteiger partial charge in [0, 0.05) is 39.9 Å². The molecule has 1 rings (SSSR count). The highest BCUT2D eigenvalue weighted by molar-refractivity contribution is 7.84. The van der Waals surface area contributed by atoms with E-state index in [1.165, 1.54) is 5.56 Å². The topological polar surface area (TPSA) is 29.1 Å². The molecule has 1 aromatic rings. The quantitative estimate of drug-likeness (QED) is 0.835. The number of benzene rings is 1. The molecule has 0 saturated heterocycles. The van der Waals surface area contributed by atoms with E-state index in [1.54, 1.807) is 6.26 Å². The van der Waals surface area contributed by atoms with E-state index < -0.39 is 10.8 Å². The lowest BCUT2D eigenvalue weighted by Gasteiger charge is -2.19. The van der Waals surface area contributed by atoms with Crippen LogP contribution in [0, 0.1) is 0 Å². The van der Waals surface area contributed by atoms with Crippen LogP contribution in [0.2, 0.25) is 5.02 Å². The monoisotopic (exact) mass is 287 g/mol. The van der Waals surface area contributed by atoms with Crippen LogP contribution in [-0.2, 0) is 17.2 Å². The van der Waals surface area contributed by atoms with Crippen molar-refractivity contribution in [3.63, 3.8) is 0 Å². The lowest BCUT2D eigenvalue weighted by atomic mass is 10.1. The molecule has 18 heavy (non-hydrogen) atoms. The molecule has 1 aromatic carbocycles. The van der Waals surface area contributed by atoms with Crippen LogP contribution in [0.5, 0.6) is 0 Å². The van der Waals surface area contributed by atoms with E-state index in [1.807, 2.05) is 12.1 Å². The van der Waals surface area contributed by atoms with Crippen LogP contribution in [0.25, 0.3) is 0 Å². The lowest BCUT2D eigenvalue weighted by Crippen LogP contribution is -2.36. The van der Waals surface area contributed by atoms with Gasteiger partial charge in [-0.3, -0.25) is 4.21 Å². The molecule has 2 nitrogen and oxygen atoms in total. The zero-order valence-corrected chi connectivity index (χ0v) is 12.9. The minimum absolute atomic E-state index is 0.399. The fourth-order valence-electron chi connectivity index (χ4n) is 1.94. The molecule has 0 aliphatic heterocycles. The van der Waals surface area contributed by atoms with Crippen LogP contribution in [0.4, 0.5) is 0 Å². The summed E-state index contributed by atoms with van der Waals surface area (Å²) in [6.07, 6.45) is 3.69. The van der Waals surface area contributed by atoms with Crippen molar-refractivity contribution in [1.82, 2.24) is 5.32 Å². The van der Waals surface area contributed by atoms with Crippen LogP contribution >= 0.6 is 11.6 Å². The van der Waals surface area contributed by atoms with Crippen molar-refractivity contribution in [1.29, 1.82) is 0 Å². The Morgan fingerprint density at radius 3 is 2.39 bits per heavy atom. The van der Waals surface area contributed by atoms with Gasteiger partial charge in [-0.2, -0.15) is 0 Å². The van der Waals surface area contributed by atoms with Crippen molar-refractivity contribution < 1.29 is 4.21 Å². The Morgan fingerprint density at radius 1 is 1.22 bits per heavy atom. The Balaban J connectivity index is 2.34. The highest BCUT2D eigenvalue weighted by atomic mass is 35.5.